The Hall–Kier alpha value is -3.23. The van der Waals surface area contributed by atoms with E-state index in [1.54, 1.807) is 35.8 Å². The third kappa shape index (κ3) is 4.30. The summed E-state index contributed by atoms with van der Waals surface area (Å²) in [6, 6.07) is 15.9. The largest absolute Gasteiger partial charge is 0.253 e. The maximum atomic E-state index is 8.92. The molecule has 2 aromatic carbocycles. The molecule has 27 heavy (non-hydrogen) atoms. The van der Waals surface area contributed by atoms with Gasteiger partial charge in [0.25, 0.3) is 0 Å². The topological polar surface area (TPSA) is 53.4 Å². The summed E-state index contributed by atoms with van der Waals surface area (Å²) < 4.78 is 1.86. The molecule has 0 aliphatic heterocycles. The summed E-state index contributed by atoms with van der Waals surface area (Å²) in [5.74, 6) is 0. The molecule has 0 bridgehead atoms. The van der Waals surface area contributed by atoms with Gasteiger partial charge in [-0.15, -0.1) is 17.9 Å². The summed E-state index contributed by atoms with van der Waals surface area (Å²) in [6.07, 6.45) is 3.55. The maximum Gasteiger partial charge on any atom is 0.206 e. The monoisotopic (exact) mass is 372 g/mol. The number of nitriles is 1. The number of rotatable bonds is 5. The van der Waals surface area contributed by atoms with Crippen LogP contribution in [0.15, 0.2) is 70.6 Å². The fraction of sp³-hybridized carbons (Fsp3) is 0.136. The number of hydrogen-bond acceptors (Lipinski definition) is 4. The van der Waals surface area contributed by atoms with Gasteiger partial charge in [-0.1, -0.05) is 30.3 Å². The number of hydrogen-bond donors (Lipinski definition) is 0. The summed E-state index contributed by atoms with van der Waals surface area (Å²) in [6.45, 7) is 8.49. The third-order valence-electron chi connectivity index (χ3n) is 4.21. The normalized spacial score (nSPS) is 11.7. The van der Waals surface area contributed by atoms with E-state index in [2.05, 4.69) is 60.2 Å². The number of benzene rings is 2. The molecule has 5 heteroatoms. The lowest BCUT2D eigenvalue weighted by Crippen LogP contribution is -2.12. The highest BCUT2D eigenvalue weighted by atomic mass is 32.1. The molecule has 0 radical (unpaired) electrons. The molecule has 0 N–H and O–H groups in total. The molecule has 0 saturated carbocycles. The third-order valence-corrected chi connectivity index (χ3v) is 5.06. The van der Waals surface area contributed by atoms with E-state index in [9.17, 15) is 0 Å². The molecule has 3 rings (SSSR count). The molecule has 0 aliphatic carbocycles. The summed E-state index contributed by atoms with van der Waals surface area (Å²) >= 11 is 1.55. The van der Waals surface area contributed by atoms with Gasteiger partial charge in [-0.2, -0.15) is 10.4 Å². The van der Waals surface area contributed by atoms with Crippen molar-refractivity contribution < 1.29 is 0 Å². The molecule has 134 valence electrons. The molecular weight excluding hydrogens is 352 g/mol. The van der Waals surface area contributed by atoms with Crippen LogP contribution in [0.5, 0.6) is 0 Å². The zero-order valence-corrected chi connectivity index (χ0v) is 16.2. The van der Waals surface area contributed by atoms with Gasteiger partial charge in [0.05, 0.1) is 30.1 Å². The van der Waals surface area contributed by atoms with Gasteiger partial charge in [0.15, 0.2) is 0 Å². The second-order valence-corrected chi connectivity index (χ2v) is 6.96. The zero-order chi connectivity index (χ0) is 19.2. The van der Waals surface area contributed by atoms with E-state index in [-0.39, 0.29) is 0 Å². The minimum Gasteiger partial charge on any atom is -0.253 e. The van der Waals surface area contributed by atoms with Crippen molar-refractivity contribution in [2.75, 3.05) is 6.54 Å². The van der Waals surface area contributed by atoms with Gasteiger partial charge in [0, 0.05) is 10.9 Å². The Morgan fingerprint density at radius 2 is 1.93 bits per heavy atom. The van der Waals surface area contributed by atoms with Crippen molar-refractivity contribution in [1.82, 2.24) is 4.68 Å². The quantitative estimate of drug-likeness (QED) is 0.474. The number of aryl methyl sites for hydroxylation is 2. The lowest BCUT2D eigenvalue weighted by atomic mass is 10.1. The highest BCUT2D eigenvalue weighted by Crippen LogP contribution is 2.23. The fourth-order valence-electron chi connectivity index (χ4n) is 2.53. The Kier molecular flexibility index (Phi) is 5.80. The lowest BCUT2D eigenvalue weighted by molar-refractivity contribution is 0.840. The molecule has 0 saturated heterocycles. The Morgan fingerprint density at radius 3 is 2.59 bits per heavy atom. The number of thiazole rings is 1. The average Bonchev–Trinajstić information content (AvgIpc) is 3.10. The van der Waals surface area contributed by atoms with Crippen LogP contribution < -0.4 is 4.80 Å². The molecule has 0 unspecified atom stereocenters. The van der Waals surface area contributed by atoms with Crippen LogP contribution in [0, 0.1) is 25.2 Å². The summed E-state index contributed by atoms with van der Waals surface area (Å²) in [5, 5.41) is 15.7. The molecule has 0 atom stereocenters. The van der Waals surface area contributed by atoms with Crippen LogP contribution in [0.2, 0.25) is 0 Å². The Morgan fingerprint density at radius 1 is 1.15 bits per heavy atom. The Balaban J connectivity index is 2.06. The fourth-order valence-corrected chi connectivity index (χ4v) is 3.38. The number of aromatic nitrogens is 1. The van der Waals surface area contributed by atoms with Crippen LogP contribution in [0.25, 0.3) is 11.3 Å². The first-order chi connectivity index (χ1) is 13.1. The van der Waals surface area contributed by atoms with Crippen molar-refractivity contribution in [1.29, 1.82) is 5.26 Å². The van der Waals surface area contributed by atoms with Crippen molar-refractivity contribution in [2.24, 2.45) is 10.1 Å². The molecule has 4 nitrogen and oxygen atoms in total. The van der Waals surface area contributed by atoms with E-state index in [1.807, 2.05) is 16.8 Å². The first-order valence-electron chi connectivity index (χ1n) is 8.56. The van der Waals surface area contributed by atoms with Crippen LogP contribution >= 0.6 is 11.3 Å². The van der Waals surface area contributed by atoms with Crippen LogP contribution in [0.3, 0.4) is 0 Å². The highest BCUT2D eigenvalue weighted by molar-refractivity contribution is 7.07. The molecule has 3 aromatic rings. The second kappa shape index (κ2) is 8.43. The lowest BCUT2D eigenvalue weighted by Gasteiger charge is -2.06. The van der Waals surface area contributed by atoms with Crippen molar-refractivity contribution in [3.8, 4) is 17.3 Å². The summed E-state index contributed by atoms with van der Waals surface area (Å²) in [4.78, 5) is 5.37. The molecule has 0 amide bonds. The van der Waals surface area contributed by atoms with Gasteiger partial charge in [-0.25, -0.2) is 4.68 Å². The zero-order valence-electron chi connectivity index (χ0n) is 15.4. The number of nitrogens with zero attached hydrogens (tertiary/aromatic N) is 4. The van der Waals surface area contributed by atoms with Gasteiger partial charge in [-0.05, 0) is 48.7 Å². The Bertz CT molecular complexity index is 1090. The van der Waals surface area contributed by atoms with Gasteiger partial charge in [0.1, 0.15) is 0 Å². The van der Waals surface area contributed by atoms with Crippen molar-refractivity contribution in [3.05, 3.63) is 87.6 Å². The molecule has 0 spiro atoms. The maximum absolute atomic E-state index is 8.92. The highest BCUT2D eigenvalue weighted by Gasteiger charge is 2.08. The molecule has 0 fully saturated rings. The predicted molar refractivity (Wildman–Crippen MR) is 112 cm³/mol. The van der Waals surface area contributed by atoms with E-state index >= 15 is 0 Å². The standard InChI is InChI=1S/C22H20N4S/c1-4-11-24-22-26(25-14-19-8-6-18(13-23)7-9-19)21(15-27-22)20-10-5-16(2)17(3)12-20/h4-10,12,14-15H,1,11H2,2-3H3. The van der Waals surface area contributed by atoms with Crippen LogP contribution in [-0.4, -0.2) is 17.4 Å². The van der Waals surface area contributed by atoms with E-state index in [4.69, 9.17) is 5.26 Å². The average molecular weight is 372 g/mol. The van der Waals surface area contributed by atoms with Crippen LogP contribution in [0.4, 0.5) is 0 Å². The molecule has 1 heterocycles. The van der Waals surface area contributed by atoms with Gasteiger partial charge in [-0.3, -0.25) is 4.99 Å². The van der Waals surface area contributed by atoms with Gasteiger partial charge >= 0.3 is 0 Å². The van der Waals surface area contributed by atoms with Gasteiger partial charge < -0.3 is 0 Å². The van der Waals surface area contributed by atoms with Crippen molar-refractivity contribution >= 4 is 17.6 Å². The van der Waals surface area contributed by atoms with Crippen LogP contribution in [0.1, 0.15) is 22.3 Å². The van der Waals surface area contributed by atoms with Gasteiger partial charge in [0.2, 0.25) is 4.80 Å². The second-order valence-electron chi connectivity index (χ2n) is 6.12. The SMILES string of the molecule is C=CCN=c1scc(-c2ccc(C)c(C)c2)n1N=Cc1ccc(C#N)cc1. The van der Waals surface area contributed by atoms with E-state index in [1.165, 1.54) is 11.1 Å². The molecular formula is C22H20N4S. The van der Waals surface area contributed by atoms with E-state index in [0.717, 1.165) is 21.6 Å². The summed E-state index contributed by atoms with van der Waals surface area (Å²) in [5.41, 5.74) is 6.16. The van der Waals surface area contributed by atoms with Crippen molar-refractivity contribution in [3.63, 3.8) is 0 Å². The van der Waals surface area contributed by atoms with E-state index < -0.39 is 0 Å². The smallest absolute Gasteiger partial charge is 0.206 e. The first-order valence-corrected chi connectivity index (χ1v) is 9.44. The van der Waals surface area contributed by atoms with E-state index in [0.29, 0.717) is 12.1 Å². The predicted octanol–water partition coefficient (Wildman–Crippen LogP) is 4.67. The molecule has 1 aromatic heterocycles. The van der Waals surface area contributed by atoms with Crippen LogP contribution in [-0.2, 0) is 0 Å². The first kappa shape index (κ1) is 18.6. The minimum absolute atomic E-state index is 0.541. The minimum atomic E-state index is 0.541. The summed E-state index contributed by atoms with van der Waals surface area (Å²) in [7, 11) is 0. The molecule has 0 aliphatic rings. The van der Waals surface area contributed by atoms with Crippen molar-refractivity contribution in [2.45, 2.75) is 13.8 Å². The Labute approximate surface area is 163 Å².